The summed E-state index contributed by atoms with van der Waals surface area (Å²) in [6.07, 6.45) is 1.37. The summed E-state index contributed by atoms with van der Waals surface area (Å²) in [5, 5.41) is 9.84. The Hall–Kier alpha value is -3.59. The molecule has 0 radical (unpaired) electrons. The lowest BCUT2D eigenvalue weighted by atomic mass is 10.1. The van der Waals surface area contributed by atoms with E-state index in [0.29, 0.717) is 25.5 Å². The number of nitrogens with zero attached hydrogens (tertiary/aromatic N) is 3. The van der Waals surface area contributed by atoms with Crippen LogP contribution in [0.5, 0.6) is 0 Å². The molecular formula is C25H28N4O4S. The van der Waals surface area contributed by atoms with Crippen LogP contribution in [0.25, 0.3) is 0 Å². The molecule has 2 heterocycles. The van der Waals surface area contributed by atoms with Crippen molar-refractivity contribution in [3.05, 3.63) is 77.5 Å². The summed E-state index contributed by atoms with van der Waals surface area (Å²) in [4.78, 5) is 20.7. The van der Waals surface area contributed by atoms with Crippen LogP contribution < -0.4 is 14.5 Å². The number of carboxylic acids is 1. The Bertz CT molecular complexity index is 1310. The number of hydrogen-bond donors (Lipinski definition) is 2. The van der Waals surface area contributed by atoms with E-state index in [1.807, 2.05) is 17.9 Å². The summed E-state index contributed by atoms with van der Waals surface area (Å²) in [6.45, 7) is 7.93. The fraction of sp³-hybridized carbons (Fsp3) is 0.280. The lowest BCUT2D eigenvalue weighted by Gasteiger charge is -2.42. The van der Waals surface area contributed by atoms with Crippen LogP contribution in [-0.4, -0.2) is 50.2 Å². The van der Waals surface area contributed by atoms with Crippen molar-refractivity contribution < 1.29 is 18.3 Å². The number of piperazine rings is 1. The molecule has 0 spiro atoms. The number of carbonyl (C=O) groups is 1. The topological polar surface area (TPSA) is 103 Å². The van der Waals surface area contributed by atoms with E-state index in [0.717, 1.165) is 11.3 Å². The Morgan fingerprint density at radius 1 is 1.06 bits per heavy atom. The monoisotopic (exact) mass is 480 g/mol. The van der Waals surface area contributed by atoms with Gasteiger partial charge in [0.1, 0.15) is 11.4 Å². The highest BCUT2D eigenvalue weighted by atomic mass is 32.2. The van der Waals surface area contributed by atoms with Crippen molar-refractivity contribution in [2.24, 2.45) is 0 Å². The summed E-state index contributed by atoms with van der Waals surface area (Å²) in [6, 6.07) is 16.2. The molecule has 3 aromatic rings. The number of sulfonamides is 1. The molecule has 1 aliphatic rings. The molecule has 1 atom stereocenters. The number of pyridine rings is 1. The van der Waals surface area contributed by atoms with Gasteiger partial charge in [0.15, 0.2) is 0 Å². The first-order valence-corrected chi connectivity index (χ1v) is 12.5. The summed E-state index contributed by atoms with van der Waals surface area (Å²) >= 11 is 0. The van der Waals surface area contributed by atoms with Gasteiger partial charge < -0.3 is 14.9 Å². The van der Waals surface area contributed by atoms with E-state index < -0.39 is 16.0 Å². The van der Waals surface area contributed by atoms with Gasteiger partial charge >= 0.3 is 5.97 Å². The van der Waals surface area contributed by atoms with Gasteiger partial charge in [-0.3, -0.25) is 4.72 Å². The third-order valence-electron chi connectivity index (χ3n) is 5.94. The van der Waals surface area contributed by atoms with Crippen molar-refractivity contribution in [1.29, 1.82) is 0 Å². The molecule has 4 rings (SSSR count). The van der Waals surface area contributed by atoms with Crippen LogP contribution in [0, 0.1) is 13.8 Å². The standard InChI is InChI=1S/C25H28N4O4S/c1-17-7-9-22(10-8-17)34(32,33)27-20-14-23(25(30)31)24(26-15-20)28-11-12-29(19(3)16-28)21-6-4-5-18(2)13-21/h4-10,13-15,19,27H,11-12,16H2,1-3H3,(H,30,31). The molecule has 2 aromatic carbocycles. The third-order valence-corrected chi connectivity index (χ3v) is 7.34. The molecule has 178 valence electrons. The number of benzene rings is 2. The molecule has 0 saturated carbocycles. The van der Waals surface area contributed by atoms with Crippen LogP contribution in [0.15, 0.2) is 65.7 Å². The number of nitrogens with one attached hydrogen (secondary N) is 1. The van der Waals surface area contributed by atoms with E-state index in [1.165, 1.54) is 30.0 Å². The first-order chi connectivity index (χ1) is 16.1. The van der Waals surface area contributed by atoms with Crippen molar-refractivity contribution in [3.8, 4) is 0 Å². The van der Waals surface area contributed by atoms with E-state index in [2.05, 4.69) is 46.7 Å². The number of aromatic nitrogens is 1. The third kappa shape index (κ3) is 4.99. The second-order valence-electron chi connectivity index (χ2n) is 8.65. The highest BCUT2D eigenvalue weighted by molar-refractivity contribution is 7.92. The lowest BCUT2D eigenvalue weighted by molar-refractivity contribution is 0.0697. The molecule has 0 amide bonds. The highest BCUT2D eigenvalue weighted by Gasteiger charge is 2.28. The van der Waals surface area contributed by atoms with Gasteiger partial charge in [-0.25, -0.2) is 18.2 Å². The fourth-order valence-corrected chi connectivity index (χ4v) is 5.23. The maximum absolute atomic E-state index is 12.7. The van der Waals surface area contributed by atoms with E-state index >= 15 is 0 Å². The lowest BCUT2D eigenvalue weighted by Crippen LogP contribution is -2.52. The first-order valence-electron chi connectivity index (χ1n) is 11.0. The number of carboxylic acid groups (broad SMARTS) is 1. The zero-order chi connectivity index (χ0) is 24.5. The summed E-state index contributed by atoms with van der Waals surface area (Å²) in [7, 11) is -3.86. The Balaban J connectivity index is 1.55. The van der Waals surface area contributed by atoms with Gasteiger partial charge in [0.25, 0.3) is 10.0 Å². The summed E-state index contributed by atoms with van der Waals surface area (Å²) in [5.41, 5.74) is 3.33. The average Bonchev–Trinajstić information content (AvgIpc) is 2.79. The molecule has 8 nitrogen and oxygen atoms in total. The van der Waals surface area contributed by atoms with Crippen LogP contribution in [0.4, 0.5) is 17.2 Å². The Kier molecular flexibility index (Phi) is 6.47. The van der Waals surface area contributed by atoms with Gasteiger partial charge in [-0.2, -0.15) is 0 Å². The number of hydrogen-bond acceptors (Lipinski definition) is 6. The molecule has 9 heteroatoms. The van der Waals surface area contributed by atoms with Crippen LogP contribution in [0.2, 0.25) is 0 Å². The Morgan fingerprint density at radius 2 is 1.79 bits per heavy atom. The summed E-state index contributed by atoms with van der Waals surface area (Å²) < 4.78 is 27.9. The van der Waals surface area contributed by atoms with Crippen molar-refractivity contribution in [3.63, 3.8) is 0 Å². The van der Waals surface area contributed by atoms with Crippen LogP contribution >= 0.6 is 0 Å². The molecule has 34 heavy (non-hydrogen) atoms. The van der Waals surface area contributed by atoms with Gasteiger partial charge in [0.2, 0.25) is 0 Å². The number of aromatic carboxylic acids is 1. The number of aryl methyl sites for hydroxylation is 2. The minimum Gasteiger partial charge on any atom is -0.478 e. The second-order valence-corrected chi connectivity index (χ2v) is 10.3. The molecular weight excluding hydrogens is 452 g/mol. The zero-order valence-corrected chi connectivity index (χ0v) is 20.2. The summed E-state index contributed by atoms with van der Waals surface area (Å²) in [5.74, 6) is -0.825. The van der Waals surface area contributed by atoms with E-state index in [-0.39, 0.29) is 22.2 Å². The average molecular weight is 481 g/mol. The van der Waals surface area contributed by atoms with Gasteiger partial charge in [-0.05, 0) is 56.7 Å². The second kappa shape index (κ2) is 9.34. The van der Waals surface area contributed by atoms with Crippen molar-refractivity contribution in [2.45, 2.75) is 31.7 Å². The molecule has 1 fully saturated rings. The number of anilines is 3. The van der Waals surface area contributed by atoms with Crippen molar-refractivity contribution in [1.82, 2.24) is 4.98 Å². The minimum absolute atomic E-state index is 0.0414. The minimum atomic E-state index is -3.86. The van der Waals surface area contributed by atoms with Crippen LogP contribution in [-0.2, 0) is 10.0 Å². The van der Waals surface area contributed by atoms with Crippen LogP contribution in [0.1, 0.15) is 28.4 Å². The van der Waals surface area contributed by atoms with Gasteiger partial charge in [-0.15, -0.1) is 0 Å². The van der Waals surface area contributed by atoms with Gasteiger partial charge in [-0.1, -0.05) is 29.8 Å². The number of rotatable bonds is 6. The Labute approximate surface area is 199 Å². The fourth-order valence-electron chi connectivity index (χ4n) is 4.19. The largest absolute Gasteiger partial charge is 0.478 e. The molecule has 0 bridgehead atoms. The molecule has 2 N–H and O–H groups in total. The van der Waals surface area contributed by atoms with Crippen molar-refractivity contribution >= 4 is 33.2 Å². The Morgan fingerprint density at radius 3 is 2.44 bits per heavy atom. The highest BCUT2D eigenvalue weighted by Crippen LogP contribution is 2.28. The molecule has 1 unspecified atom stereocenters. The predicted octanol–water partition coefficient (Wildman–Crippen LogP) is 3.91. The smallest absolute Gasteiger partial charge is 0.339 e. The zero-order valence-electron chi connectivity index (χ0n) is 19.4. The quantitative estimate of drug-likeness (QED) is 0.551. The predicted molar refractivity (Wildman–Crippen MR) is 133 cm³/mol. The van der Waals surface area contributed by atoms with E-state index in [1.54, 1.807) is 12.1 Å². The van der Waals surface area contributed by atoms with E-state index in [9.17, 15) is 18.3 Å². The molecule has 1 saturated heterocycles. The first kappa shape index (κ1) is 23.6. The maximum atomic E-state index is 12.7. The SMILES string of the molecule is Cc1ccc(S(=O)(=O)Nc2cnc(N3CCN(c4cccc(C)c4)C(C)C3)c(C(=O)O)c2)cc1. The van der Waals surface area contributed by atoms with Gasteiger partial charge in [0.05, 0.1) is 16.8 Å². The maximum Gasteiger partial charge on any atom is 0.339 e. The van der Waals surface area contributed by atoms with Gasteiger partial charge in [0, 0.05) is 31.4 Å². The molecule has 0 aliphatic carbocycles. The van der Waals surface area contributed by atoms with E-state index in [4.69, 9.17) is 0 Å². The van der Waals surface area contributed by atoms with Crippen LogP contribution in [0.3, 0.4) is 0 Å². The normalized spacial score (nSPS) is 16.4. The molecule has 1 aromatic heterocycles. The molecule has 1 aliphatic heterocycles. The van der Waals surface area contributed by atoms with Crippen molar-refractivity contribution in [2.75, 3.05) is 34.2 Å².